The Balaban J connectivity index is 2.11. The predicted octanol–water partition coefficient (Wildman–Crippen LogP) is 0.599. The van der Waals surface area contributed by atoms with Crippen LogP contribution in [-0.4, -0.2) is 37.0 Å². The highest BCUT2D eigenvalue weighted by Gasteiger charge is 2.17. The summed E-state index contributed by atoms with van der Waals surface area (Å²) in [6.45, 7) is 5.25. The van der Waals surface area contributed by atoms with E-state index in [4.69, 9.17) is 10.5 Å². The Hall–Kier alpha value is -1.75. The maximum Gasteiger partial charge on any atom is 0.234 e. The van der Waals surface area contributed by atoms with Crippen LogP contribution in [0.25, 0.3) is 0 Å². The standard InChI is InChI=1S/C13H19N3O2/c1-2-18-12-4-3-11(14)7-10(12)8-16-6-5-15-13(17)9-16/h3-4,7H,2,5-6,8-9,14H2,1H3,(H,15,17). The first-order valence-electron chi connectivity index (χ1n) is 6.19. The van der Waals surface area contributed by atoms with Crippen molar-refractivity contribution in [3.8, 4) is 5.75 Å². The van der Waals surface area contributed by atoms with E-state index >= 15 is 0 Å². The second-order valence-electron chi connectivity index (χ2n) is 4.36. The summed E-state index contributed by atoms with van der Waals surface area (Å²) in [5.74, 6) is 0.917. The highest BCUT2D eigenvalue weighted by Crippen LogP contribution is 2.23. The molecule has 1 amide bonds. The summed E-state index contributed by atoms with van der Waals surface area (Å²) < 4.78 is 5.58. The number of rotatable bonds is 4. The third kappa shape index (κ3) is 3.13. The summed E-state index contributed by atoms with van der Waals surface area (Å²) in [6, 6.07) is 5.63. The molecule has 5 nitrogen and oxygen atoms in total. The van der Waals surface area contributed by atoms with Gasteiger partial charge in [0.15, 0.2) is 0 Å². The first-order valence-corrected chi connectivity index (χ1v) is 6.19. The molecule has 0 unspecified atom stereocenters. The van der Waals surface area contributed by atoms with Crippen molar-refractivity contribution in [2.75, 3.05) is 32.0 Å². The zero-order valence-corrected chi connectivity index (χ0v) is 10.6. The Morgan fingerprint density at radius 1 is 1.50 bits per heavy atom. The predicted molar refractivity (Wildman–Crippen MR) is 70.3 cm³/mol. The number of amides is 1. The second kappa shape index (κ2) is 5.73. The van der Waals surface area contributed by atoms with Crippen LogP contribution in [0, 0.1) is 0 Å². The molecule has 0 bridgehead atoms. The minimum absolute atomic E-state index is 0.0723. The SMILES string of the molecule is CCOc1ccc(N)cc1CN1CCNC(=O)C1. The molecule has 1 aliphatic heterocycles. The number of anilines is 1. The van der Waals surface area contributed by atoms with Gasteiger partial charge in [0.1, 0.15) is 5.75 Å². The molecule has 0 spiro atoms. The highest BCUT2D eigenvalue weighted by atomic mass is 16.5. The average molecular weight is 249 g/mol. The quantitative estimate of drug-likeness (QED) is 0.767. The van der Waals surface area contributed by atoms with E-state index in [1.807, 2.05) is 25.1 Å². The number of nitrogens with one attached hydrogen (secondary N) is 1. The molecule has 2 rings (SSSR count). The maximum atomic E-state index is 11.3. The van der Waals surface area contributed by atoms with Gasteiger partial charge in [0.25, 0.3) is 0 Å². The molecule has 0 saturated carbocycles. The van der Waals surface area contributed by atoms with Gasteiger partial charge in [-0.1, -0.05) is 0 Å². The van der Waals surface area contributed by atoms with Crippen LogP contribution >= 0.6 is 0 Å². The molecule has 1 heterocycles. The average Bonchev–Trinajstić information content (AvgIpc) is 2.33. The molecule has 5 heteroatoms. The summed E-state index contributed by atoms with van der Waals surface area (Å²) >= 11 is 0. The lowest BCUT2D eigenvalue weighted by molar-refractivity contribution is -0.124. The van der Waals surface area contributed by atoms with Crippen molar-refractivity contribution < 1.29 is 9.53 Å². The zero-order chi connectivity index (χ0) is 13.0. The van der Waals surface area contributed by atoms with Crippen molar-refractivity contribution >= 4 is 11.6 Å². The first kappa shape index (κ1) is 12.7. The molecule has 1 aromatic carbocycles. The number of ether oxygens (including phenoxy) is 1. The van der Waals surface area contributed by atoms with E-state index < -0.39 is 0 Å². The number of hydrogen-bond donors (Lipinski definition) is 2. The lowest BCUT2D eigenvalue weighted by Crippen LogP contribution is -2.47. The van der Waals surface area contributed by atoms with Gasteiger partial charge in [0, 0.05) is 30.9 Å². The van der Waals surface area contributed by atoms with Gasteiger partial charge in [0.05, 0.1) is 13.2 Å². The van der Waals surface area contributed by atoms with Crippen LogP contribution in [0.1, 0.15) is 12.5 Å². The topological polar surface area (TPSA) is 67.6 Å². The van der Waals surface area contributed by atoms with Gasteiger partial charge >= 0.3 is 0 Å². The largest absolute Gasteiger partial charge is 0.494 e. The third-order valence-corrected chi connectivity index (χ3v) is 2.90. The summed E-state index contributed by atoms with van der Waals surface area (Å²) in [7, 11) is 0. The molecule has 3 N–H and O–H groups in total. The van der Waals surface area contributed by atoms with Gasteiger partial charge in [-0.3, -0.25) is 9.69 Å². The molecule has 18 heavy (non-hydrogen) atoms. The Labute approximate surface area is 107 Å². The molecule has 0 radical (unpaired) electrons. The maximum absolute atomic E-state index is 11.3. The van der Waals surface area contributed by atoms with E-state index in [1.54, 1.807) is 0 Å². The number of carbonyl (C=O) groups is 1. The van der Waals surface area contributed by atoms with Crippen molar-refractivity contribution in [3.05, 3.63) is 23.8 Å². The van der Waals surface area contributed by atoms with Crippen LogP contribution in [0.3, 0.4) is 0 Å². The molecule has 0 aliphatic carbocycles. The van der Waals surface area contributed by atoms with E-state index in [1.165, 1.54) is 0 Å². The van der Waals surface area contributed by atoms with Gasteiger partial charge in [-0.2, -0.15) is 0 Å². The molecule has 1 aliphatic rings. The van der Waals surface area contributed by atoms with Crippen LogP contribution < -0.4 is 15.8 Å². The lowest BCUT2D eigenvalue weighted by Gasteiger charge is -2.27. The molecule has 0 atom stereocenters. The van der Waals surface area contributed by atoms with E-state index in [-0.39, 0.29) is 5.91 Å². The van der Waals surface area contributed by atoms with Crippen molar-refractivity contribution in [1.29, 1.82) is 0 Å². The molecular formula is C13H19N3O2. The van der Waals surface area contributed by atoms with E-state index in [0.29, 0.717) is 26.2 Å². The Kier molecular flexibility index (Phi) is 4.04. The molecule has 1 saturated heterocycles. The molecular weight excluding hydrogens is 230 g/mol. The fraction of sp³-hybridized carbons (Fsp3) is 0.462. The fourth-order valence-electron chi connectivity index (χ4n) is 2.09. The summed E-state index contributed by atoms with van der Waals surface area (Å²) in [5, 5.41) is 2.81. The van der Waals surface area contributed by atoms with Gasteiger partial charge < -0.3 is 15.8 Å². The summed E-state index contributed by atoms with van der Waals surface area (Å²) in [6.07, 6.45) is 0. The number of nitrogens with two attached hydrogens (primary N) is 1. The summed E-state index contributed by atoms with van der Waals surface area (Å²) in [4.78, 5) is 13.4. The number of nitrogens with zero attached hydrogens (tertiary/aromatic N) is 1. The monoisotopic (exact) mass is 249 g/mol. The highest BCUT2D eigenvalue weighted by molar-refractivity contribution is 5.78. The minimum atomic E-state index is 0.0723. The van der Waals surface area contributed by atoms with Gasteiger partial charge in [-0.25, -0.2) is 0 Å². The van der Waals surface area contributed by atoms with Crippen LogP contribution in [0.4, 0.5) is 5.69 Å². The molecule has 98 valence electrons. The van der Waals surface area contributed by atoms with Crippen LogP contribution in [0.2, 0.25) is 0 Å². The Morgan fingerprint density at radius 2 is 2.33 bits per heavy atom. The van der Waals surface area contributed by atoms with Crippen molar-refractivity contribution in [2.24, 2.45) is 0 Å². The molecule has 1 aromatic rings. The second-order valence-corrected chi connectivity index (χ2v) is 4.36. The number of piperazine rings is 1. The van der Waals surface area contributed by atoms with Crippen LogP contribution in [0.15, 0.2) is 18.2 Å². The number of hydrogen-bond acceptors (Lipinski definition) is 4. The normalized spacial score (nSPS) is 16.4. The fourth-order valence-corrected chi connectivity index (χ4v) is 2.09. The Bertz CT molecular complexity index is 434. The lowest BCUT2D eigenvalue weighted by atomic mass is 10.1. The number of nitrogen functional groups attached to an aromatic ring is 1. The van der Waals surface area contributed by atoms with Crippen molar-refractivity contribution in [3.63, 3.8) is 0 Å². The van der Waals surface area contributed by atoms with E-state index in [2.05, 4.69) is 10.2 Å². The minimum Gasteiger partial charge on any atom is -0.494 e. The zero-order valence-electron chi connectivity index (χ0n) is 10.6. The third-order valence-electron chi connectivity index (χ3n) is 2.90. The number of benzene rings is 1. The van der Waals surface area contributed by atoms with Gasteiger partial charge in [-0.05, 0) is 25.1 Å². The van der Waals surface area contributed by atoms with Gasteiger partial charge in [-0.15, -0.1) is 0 Å². The number of carbonyl (C=O) groups excluding carboxylic acids is 1. The summed E-state index contributed by atoms with van der Waals surface area (Å²) in [5.41, 5.74) is 7.55. The van der Waals surface area contributed by atoms with E-state index in [0.717, 1.165) is 23.5 Å². The molecule has 1 fully saturated rings. The van der Waals surface area contributed by atoms with Gasteiger partial charge in [0.2, 0.25) is 5.91 Å². The smallest absolute Gasteiger partial charge is 0.234 e. The first-order chi connectivity index (χ1) is 8.69. The molecule has 0 aromatic heterocycles. The van der Waals surface area contributed by atoms with E-state index in [9.17, 15) is 4.79 Å². The van der Waals surface area contributed by atoms with Crippen molar-refractivity contribution in [1.82, 2.24) is 10.2 Å². The van der Waals surface area contributed by atoms with Crippen molar-refractivity contribution in [2.45, 2.75) is 13.5 Å². The van der Waals surface area contributed by atoms with Crippen LogP contribution in [-0.2, 0) is 11.3 Å². The Morgan fingerprint density at radius 3 is 3.06 bits per heavy atom. The van der Waals surface area contributed by atoms with Crippen LogP contribution in [0.5, 0.6) is 5.75 Å².